The van der Waals surface area contributed by atoms with Crippen molar-refractivity contribution in [3.05, 3.63) is 60.4 Å². The number of rotatable bonds is 4. The van der Waals surface area contributed by atoms with Gasteiger partial charge in [-0.1, -0.05) is 24.3 Å². The third-order valence-electron chi connectivity index (χ3n) is 5.80. The Kier molecular flexibility index (Phi) is 4.73. The molecule has 0 saturated carbocycles. The second kappa shape index (κ2) is 7.14. The van der Waals surface area contributed by atoms with Gasteiger partial charge >= 0.3 is 0 Å². The number of hydrogen-bond donors (Lipinski definition) is 0. The number of hydrogen-bond acceptors (Lipinski definition) is 4. The zero-order valence-electron chi connectivity index (χ0n) is 15.0. The van der Waals surface area contributed by atoms with Crippen molar-refractivity contribution in [1.29, 1.82) is 0 Å². The minimum Gasteiger partial charge on any atom is -0.373 e. The zero-order chi connectivity index (χ0) is 17.1. The first-order valence-corrected chi connectivity index (χ1v) is 9.27. The van der Waals surface area contributed by atoms with Gasteiger partial charge in [0.2, 0.25) is 0 Å². The van der Waals surface area contributed by atoms with Gasteiger partial charge in [-0.3, -0.25) is 9.88 Å². The monoisotopic (exact) mass is 337 g/mol. The Bertz CT molecular complexity index is 668. The summed E-state index contributed by atoms with van der Waals surface area (Å²) in [4.78, 5) is 9.14. The third-order valence-corrected chi connectivity index (χ3v) is 5.80. The molecule has 2 saturated heterocycles. The predicted octanol–water partition coefficient (Wildman–Crippen LogP) is 3.34. The van der Waals surface area contributed by atoms with Crippen molar-refractivity contribution in [2.24, 2.45) is 0 Å². The Hall–Kier alpha value is -1.91. The number of piperidine rings is 1. The first kappa shape index (κ1) is 16.6. The molecular weight excluding hydrogens is 310 g/mol. The number of ether oxygens (including phenoxy) is 1. The van der Waals surface area contributed by atoms with E-state index in [2.05, 4.69) is 58.2 Å². The maximum absolute atomic E-state index is 6.35. The van der Waals surface area contributed by atoms with Crippen molar-refractivity contribution < 1.29 is 4.74 Å². The molecule has 0 aliphatic carbocycles. The smallest absolute Gasteiger partial charge is 0.0728 e. The molecule has 132 valence electrons. The normalized spacial score (nSPS) is 23.0. The number of benzene rings is 1. The Labute approximate surface area is 150 Å². The van der Waals surface area contributed by atoms with Crippen LogP contribution in [0.1, 0.15) is 24.8 Å². The van der Waals surface area contributed by atoms with E-state index in [1.807, 2.05) is 18.5 Å². The number of para-hydroxylation sites is 1. The Morgan fingerprint density at radius 1 is 1.16 bits per heavy atom. The van der Waals surface area contributed by atoms with Crippen LogP contribution in [0.15, 0.2) is 54.9 Å². The van der Waals surface area contributed by atoms with Crippen molar-refractivity contribution in [1.82, 2.24) is 9.88 Å². The van der Waals surface area contributed by atoms with E-state index < -0.39 is 0 Å². The highest BCUT2D eigenvalue weighted by molar-refractivity contribution is 5.46. The van der Waals surface area contributed by atoms with Crippen LogP contribution >= 0.6 is 0 Å². The molecule has 4 heteroatoms. The molecule has 0 bridgehead atoms. The summed E-state index contributed by atoms with van der Waals surface area (Å²) in [6.45, 7) is 4.05. The zero-order valence-corrected chi connectivity index (χ0v) is 15.0. The van der Waals surface area contributed by atoms with Crippen molar-refractivity contribution in [3.8, 4) is 0 Å². The molecule has 4 nitrogen and oxygen atoms in total. The lowest BCUT2D eigenvalue weighted by Crippen LogP contribution is -2.44. The van der Waals surface area contributed by atoms with Crippen LogP contribution in [0.25, 0.3) is 0 Å². The number of nitrogens with zero attached hydrogens (tertiary/aromatic N) is 3. The van der Waals surface area contributed by atoms with Crippen LogP contribution in [0.3, 0.4) is 0 Å². The molecule has 1 aromatic carbocycles. The SMILES string of the molecule is CN(c1ccccc1)C1COC2(CCN(Cc3cccnc3)CC2)C1. The molecule has 1 atom stereocenters. The van der Waals surface area contributed by atoms with E-state index in [0.717, 1.165) is 45.5 Å². The summed E-state index contributed by atoms with van der Waals surface area (Å²) in [6, 6.07) is 15.3. The minimum atomic E-state index is 0.0825. The van der Waals surface area contributed by atoms with Gasteiger partial charge in [-0.2, -0.15) is 0 Å². The summed E-state index contributed by atoms with van der Waals surface area (Å²) in [6.07, 6.45) is 7.21. The molecule has 0 amide bonds. The van der Waals surface area contributed by atoms with Crippen molar-refractivity contribution in [2.45, 2.75) is 37.5 Å². The van der Waals surface area contributed by atoms with Crippen LogP contribution in [0.2, 0.25) is 0 Å². The molecule has 2 aliphatic rings. The molecule has 2 fully saturated rings. The van der Waals surface area contributed by atoms with Gasteiger partial charge in [0.15, 0.2) is 0 Å². The summed E-state index contributed by atoms with van der Waals surface area (Å²) >= 11 is 0. The average Bonchev–Trinajstić information content (AvgIpc) is 3.09. The number of pyridine rings is 1. The first-order valence-electron chi connectivity index (χ1n) is 9.27. The van der Waals surface area contributed by atoms with Crippen LogP contribution in [-0.2, 0) is 11.3 Å². The Balaban J connectivity index is 1.33. The summed E-state index contributed by atoms with van der Waals surface area (Å²) < 4.78 is 6.35. The van der Waals surface area contributed by atoms with Crippen LogP contribution < -0.4 is 4.90 Å². The Morgan fingerprint density at radius 2 is 1.96 bits per heavy atom. The number of aromatic nitrogens is 1. The van der Waals surface area contributed by atoms with Gasteiger partial charge in [0, 0.05) is 44.8 Å². The highest BCUT2D eigenvalue weighted by Gasteiger charge is 2.43. The highest BCUT2D eigenvalue weighted by Crippen LogP contribution is 2.38. The fraction of sp³-hybridized carbons (Fsp3) is 0.476. The molecule has 1 spiro atoms. The molecule has 25 heavy (non-hydrogen) atoms. The Morgan fingerprint density at radius 3 is 2.68 bits per heavy atom. The maximum Gasteiger partial charge on any atom is 0.0728 e. The van der Waals surface area contributed by atoms with Gasteiger partial charge in [0.05, 0.1) is 18.2 Å². The first-order chi connectivity index (χ1) is 12.2. The fourth-order valence-electron chi connectivity index (χ4n) is 4.16. The van der Waals surface area contributed by atoms with E-state index in [4.69, 9.17) is 4.74 Å². The largest absolute Gasteiger partial charge is 0.373 e. The van der Waals surface area contributed by atoms with Crippen LogP contribution in [-0.4, -0.2) is 48.3 Å². The summed E-state index contributed by atoms with van der Waals surface area (Å²) in [5.41, 5.74) is 2.66. The third kappa shape index (κ3) is 3.70. The van der Waals surface area contributed by atoms with E-state index >= 15 is 0 Å². The van der Waals surface area contributed by atoms with Crippen LogP contribution in [0.5, 0.6) is 0 Å². The quantitative estimate of drug-likeness (QED) is 0.855. The van der Waals surface area contributed by atoms with Gasteiger partial charge in [0.1, 0.15) is 0 Å². The van der Waals surface area contributed by atoms with Gasteiger partial charge in [-0.25, -0.2) is 0 Å². The predicted molar refractivity (Wildman–Crippen MR) is 101 cm³/mol. The van der Waals surface area contributed by atoms with Gasteiger partial charge in [0.25, 0.3) is 0 Å². The van der Waals surface area contributed by atoms with E-state index in [9.17, 15) is 0 Å². The van der Waals surface area contributed by atoms with Gasteiger partial charge in [-0.05, 0) is 43.0 Å². The minimum absolute atomic E-state index is 0.0825. The maximum atomic E-state index is 6.35. The molecular formula is C21H27N3O. The standard InChI is InChI=1S/C21H27N3O/c1-23(19-7-3-2-4-8-19)20-14-21(25-17-20)9-12-24(13-10-21)16-18-6-5-11-22-15-18/h2-8,11,15,20H,9-10,12-14,16-17H2,1H3. The molecule has 1 aromatic heterocycles. The highest BCUT2D eigenvalue weighted by atomic mass is 16.5. The lowest BCUT2D eigenvalue weighted by Gasteiger charge is -2.39. The van der Waals surface area contributed by atoms with Gasteiger partial charge in [-0.15, -0.1) is 0 Å². The van der Waals surface area contributed by atoms with E-state index in [1.54, 1.807) is 0 Å². The number of anilines is 1. The van der Waals surface area contributed by atoms with Gasteiger partial charge < -0.3 is 9.64 Å². The second-order valence-corrected chi connectivity index (χ2v) is 7.44. The van der Waals surface area contributed by atoms with Crippen molar-refractivity contribution in [3.63, 3.8) is 0 Å². The lowest BCUT2D eigenvalue weighted by atomic mass is 9.87. The summed E-state index contributed by atoms with van der Waals surface area (Å²) in [5, 5.41) is 0. The van der Waals surface area contributed by atoms with Crippen LogP contribution in [0.4, 0.5) is 5.69 Å². The topological polar surface area (TPSA) is 28.6 Å². The molecule has 2 aliphatic heterocycles. The molecule has 0 N–H and O–H groups in total. The fourth-order valence-corrected chi connectivity index (χ4v) is 4.16. The van der Waals surface area contributed by atoms with E-state index in [1.165, 1.54) is 11.3 Å². The molecule has 1 unspecified atom stereocenters. The van der Waals surface area contributed by atoms with Crippen LogP contribution in [0, 0.1) is 0 Å². The lowest BCUT2D eigenvalue weighted by molar-refractivity contribution is -0.0448. The average molecular weight is 337 g/mol. The van der Waals surface area contributed by atoms with Crippen molar-refractivity contribution >= 4 is 5.69 Å². The molecule has 3 heterocycles. The van der Waals surface area contributed by atoms with E-state index in [0.29, 0.717) is 6.04 Å². The summed E-state index contributed by atoms with van der Waals surface area (Å²) in [7, 11) is 2.19. The van der Waals surface area contributed by atoms with Crippen molar-refractivity contribution in [2.75, 3.05) is 31.6 Å². The molecule has 4 rings (SSSR count). The van der Waals surface area contributed by atoms with E-state index in [-0.39, 0.29) is 5.60 Å². The molecule has 0 radical (unpaired) electrons. The summed E-state index contributed by atoms with van der Waals surface area (Å²) in [5.74, 6) is 0. The second-order valence-electron chi connectivity index (χ2n) is 7.44. The molecule has 2 aromatic rings. The number of likely N-dealkylation sites (tertiary alicyclic amines) is 1. The number of likely N-dealkylation sites (N-methyl/N-ethyl adjacent to an activating group) is 1.